The molecule has 2 aromatic carbocycles. The van der Waals surface area contributed by atoms with E-state index in [9.17, 15) is 25.9 Å². The Bertz CT molecular complexity index is 1040. The second-order valence-electron chi connectivity index (χ2n) is 8.34. The Labute approximate surface area is 178 Å². The van der Waals surface area contributed by atoms with Crippen LogP contribution < -0.4 is 0 Å². The van der Waals surface area contributed by atoms with Gasteiger partial charge in [-0.15, -0.1) is 0 Å². The van der Waals surface area contributed by atoms with Gasteiger partial charge in [0.05, 0.1) is 9.79 Å². The molecule has 30 heavy (non-hydrogen) atoms. The fourth-order valence-corrected chi connectivity index (χ4v) is 6.01. The van der Waals surface area contributed by atoms with Gasteiger partial charge in [0.1, 0.15) is 20.2 Å². The summed E-state index contributed by atoms with van der Waals surface area (Å²) in [5, 5.41) is 0. The van der Waals surface area contributed by atoms with Crippen molar-refractivity contribution < 1.29 is 25.9 Å². The molecule has 0 saturated heterocycles. The van der Waals surface area contributed by atoms with Crippen LogP contribution in [0.25, 0.3) is 0 Å². The Hall–Kier alpha value is -1.74. The molecule has 0 unspecified atom stereocenters. The van der Waals surface area contributed by atoms with Gasteiger partial charge in [-0.3, -0.25) is 0 Å². The van der Waals surface area contributed by atoms with E-state index in [4.69, 9.17) is 0 Å². The van der Waals surface area contributed by atoms with Gasteiger partial charge >= 0.3 is 0 Å². The minimum absolute atomic E-state index is 0.101. The van der Waals surface area contributed by atoms with Gasteiger partial charge in [0.25, 0.3) is 0 Å². The number of benzene rings is 2. The lowest BCUT2D eigenvalue weighted by atomic mass is 9.73. The van der Waals surface area contributed by atoms with Gasteiger partial charge in [0.15, 0.2) is 0 Å². The first-order valence-electron chi connectivity index (χ1n) is 10.1. The predicted molar refractivity (Wildman–Crippen MR) is 111 cm³/mol. The van der Waals surface area contributed by atoms with E-state index in [0.717, 1.165) is 36.8 Å². The summed E-state index contributed by atoms with van der Waals surface area (Å²) in [6.45, 7) is 3.70. The number of hydrogen-bond acceptors (Lipinski definition) is 6. The summed E-state index contributed by atoms with van der Waals surface area (Å²) >= 11 is 0. The van der Waals surface area contributed by atoms with E-state index in [1.54, 1.807) is 24.3 Å². The largest absolute Gasteiger partial charge is 0.744 e. The number of rotatable bonds is 6. The lowest BCUT2D eigenvalue weighted by molar-refractivity contribution is 0.232. The smallest absolute Gasteiger partial charge is 0.124 e. The Kier molecular flexibility index (Phi) is 6.72. The van der Waals surface area contributed by atoms with E-state index in [2.05, 4.69) is 0 Å². The molecule has 2 aromatic rings. The monoisotopic (exact) mass is 450 g/mol. The van der Waals surface area contributed by atoms with Crippen molar-refractivity contribution in [2.45, 2.75) is 62.2 Å². The SMILES string of the molecule is Cc1ccc(S(=O)(=O)[O-])c(C[C@H]2CCCC[C@@H]2Cc2cc(C)ccc2S(=O)(=O)[O-])c1. The van der Waals surface area contributed by atoms with Crippen molar-refractivity contribution >= 4 is 20.2 Å². The third kappa shape index (κ3) is 5.49. The molecular formula is C22H26O6S2-2. The van der Waals surface area contributed by atoms with Crippen LogP contribution in [0, 0.1) is 25.7 Å². The third-order valence-electron chi connectivity index (χ3n) is 6.00. The van der Waals surface area contributed by atoms with Gasteiger partial charge < -0.3 is 9.11 Å². The summed E-state index contributed by atoms with van der Waals surface area (Å²) in [5.74, 6) is 0.201. The molecule has 2 atom stereocenters. The molecule has 0 bridgehead atoms. The molecule has 6 nitrogen and oxygen atoms in total. The summed E-state index contributed by atoms with van der Waals surface area (Å²) in [6, 6.07) is 9.46. The molecule has 0 radical (unpaired) electrons. The highest BCUT2D eigenvalue weighted by Crippen LogP contribution is 2.37. The van der Waals surface area contributed by atoms with E-state index in [1.165, 1.54) is 12.1 Å². The van der Waals surface area contributed by atoms with Crippen LogP contribution in [-0.4, -0.2) is 25.9 Å². The molecule has 3 rings (SSSR count). The molecule has 1 fully saturated rings. The Morgan fingerprint density at radius 2 is 1.10 bits per heavy atom. The van der Waals surface area contributed by atoms with Crippen molar-refractivity contribution in [3.8, 4) is 0 Å². The maximum absolute atomic E-state index is 11.7. The summed E-state index contributed by atoms with van der Waals surface area (Å²) < 4.78 is 70.3. The van der Waals surface area contributed by atoms with Crippen molar-refractivity contribution in [3.05, 3.63) is 58.7 Å². The van der Waals surface area contributed by atoms with Crippen molar-refractivity contribution in [3.63, 3.8) is 0 Å². The average molecular weight is 451 g/mol. The quantitative estimate of drug-likeness (QED) is 0.620. The van der Waals surface area contributed by atoms with Crippen LogP contribution in [0.2, 0.25) is 0 Å². The minimum Gasteiger partial charge on any atom is -0.744 e. The summed E-state index contributed by atoms with van der Waals surface area (Å²) in [4.78, 5) is -0.369. The topological polar surface area (TPSA) is 114 Å². The maximum Gasteiger partial charge on any atom is 0.124 e. The van der Waals surface area contributed by atoms with E-state index >= 15 is 0 Å². The summed E-state index contributed by atoms with van der Waals surface area (Å²) in [5.41, 5.74) is 2.79. The molecule has 0 N–H and O–H groups in total. The van der Waals surface area contributed by atoms with Crippen LogP contribution in [0.3, 0.4) is 0 Å². The highest BCUT2D eigenvalue weighted by atomic mass is 32.2. The van der Waals surface area contributed by atoms with Gasteiger partial charge in [-0.1, -0.05) is 48.2 Å². The number of hydrogen-bond donors (Lipinski definition) is 0. The first-order valence-corrected chi connectivity index (χ1v) is 12.9. The first-order chi connectivity index (χ1) is 13.9. The van der Waals surface area contributed by atoms with Gasteiger partial charge in [0.2, 0.25) is 0 Å². The van der Waals surface area contributed by atoms with Crippen LogP contribution in [-0.2, 0) is 33.1 Å². The van der Waals surface area contributed by atoms with E-state index in [1.807, 2.05) is 13.8 Å². The zero-order valence-electron chi connectivity index (χ0n) is 17.1. The van der Waals surface area contributed by atoms with E-state index in [-0.39, 0.29) is 21.6 Å². The zero-order valence-corrected chi connectivity index (χ0v) is 18.8. The second kappa shape index (κ2) is 8.78. The van der Waals surface area contributed by atoms with E-state index < -0.39 is 20.2 Å². The van der Waals surface area contributed by atoms with Crippen LogP contribution in [0.1, 0.15) is 47.9 Å². The summed E-state index contributed by atoms with van der Waals surface area (Å²) in [6.07, 6.45) is 4.59. The molecule has 0 aliphatic heterocycles. The molecule has 0 aromatic heterocycles. The lowest BCUT2D eigenvalue weighted by Crippen LogP contribution is -2.25. The van der Waals surface area contributed by atoms with Crippen LogP contribution in [0.5, 0.6) is 0 Å². The molecule has 0 amide bonds. The fraction of sp³-hybridized carbons (Fsp3) is 0.455. The Morgan fingerprint density at radius 3 is 1.43 bits per heavy atom. The molecule has 0 heterocycles. The normalized spacial score (nSPS) is 20.3. The molecular weight excluding hydrogens is 424 g/mol. The van der Waals surface area contributed by atoms with Crippen LogP contribution in [0.15, 0.2) is 46.2 Å². The van der Waals surface area contributed by atoms with Crippen molar-refractivity contribution in [1.82, 2.24) is 0 Å². The first kappa shape index (κ1) is 22.9. The van der Waals surface area contributed by atoms with Gasteiger partial charge in [0, 0.05) is 0 Å². The van der Waals surface area contributed by atoms with Crippen LogP contribution >= 0.6 is 0 Å². The Balaban J connectivity index is 1.93. The van der Waals surface area contributed by atoms with Gasteiger partial charge in [-0.2, -0.15) is 0 Å². The standard InChI is InChI=1S/C22H28O6S2/c1-15-7-9-21(29(23,24)25)19(11-15)13-17-5-3-4-6-18(17)14-20-12-16(2)8-10-22(20)30(26,27)28/h7-12,17-18H,3-6,13-14H2,1-2H3,(H,23,24,25)(H,26,27,28)/p-2/t17-,18-/m1/s1. The van der Waals surface area contributed by atoms with Crippen molar-refractivity contribution in [2.75, 3.05) is 0 Å². The lowest BCUT2D eigenvalue weighted by Gasteiger charge is -2.33. The van der Waals surface area contributed by atoms with Gasteiger partial charge in [-0.25, -0.2) is 16.8 Å². The molecule has 1 aliphatic rings. The second-order valence-corrected chi connectivity index (χ2v) is 11.0. The Morgan fingerprint density at radius 1 is 0.733 bits per heavy atom. The number of aryl methyl sites for hydroxylation is 2. The van der Waals surface area contributed by atoms with E-state index in [0.29, 0.717) is 24.0 Å². The molecule has 8 heteroatoms. The average Bonchev–Trinajstić information content (AvgIpc) is 2.61. The molecule has 1 aliphatic carbocycles. The van der Waals surface area contributed by atoms with Crippen molar-refractivity contribution in [2.24, 2.45) is 11.8 Å². The highest BCUT2D eigenvalue weighted by Gasteiger charge is 2.28. The predicted octanol–water partition coefficient (Wildman–Crippen LogP) is 3.70. The fourth-order valence-electron chi connectivity index (χ4n) is 4.61. The summed E-state index contributed by atoms with van der Waals surface area (Å²) in [7, 11) is -9.16. The molecule has 1 saturated carbocycles. The highest BCUT2D eigenvalue weighted by molar-refractivity contribution is 7.86. The van der Waals surface area contributed by atoms with Crippen LogP contribution in [0.4, 0.5) is 0 Å². The molecule has 164 valence electrons. The van der Waals surface area contributed by atoms with Gasteiger partial charge in [-0.05, 0) is 74.6 Å². The van der Waals surface area contributed by atoms with Crippen molar-refractivity contribution in [1.29, 1.82) is 0 Å². The minimum atomic E-state index is -4.58. The third-order valence-corrected chi connectivity index (χ3v) is 7.88. The zero-order chi connectivity index (χ0) is 22.1. The molecule has 0 spiro atoms. The maximum atomic E-state index is 11.7.